The summed E-state index contributed by atoms with van der Waals surface area (Å²) in [5, 5.41) is 4.81. The van der Waals surface area contributed by atoms with E-state index in [0.29, 0.717) is 29.5 Å². The molecular weight excluding hydrogens is 430 g/mol. The molecule has 5 nitrogen and oxygen atoms in total. The smallest absolute Gasteiger partial charge is 0.253 e. The summed E-state index contributed by atoms with van der Waals surface area (Å²) in [5.74, 6) is 0.662. The van der Waals surface area contributed by atoms with E-state index in [0.717, 1.165) is 15.7 Å². The second-order valence-corrected chi connectivity index (χ2v) is 7.46. The van der Waals surface area contributed by atoms with E-state index in [2.05, 4.69) is 21.0 Å². The molecule has 140 valence electrons. The summed E-state index contributed by atoms with van der Waals surface area (Å²) in [6.45, 7) is 0.877. The predicted molar refractivity (Wildman–Crippen MR) is 109 cm³/mol. The number of ether oxygens (including phenoxy) is 1. The Hall–Kier alpha value is -2.31. The number of rotatable bonds is 6. The van der Waals surface area contributed by atoms with Crippen molar-refractivity contribution in [2.45, 2.75) is 13.2 Å². The maximum absolute atomic E-state index is 12.7. The van der Waals surface area contributed by atoms with E-state index >= 15 is 0 Å². The highest BCUT2D eigenvalue weighted by Gasteiger charge is 2.15. The summed E-state index contributed by atoms with van der Waals surface area (Å²) < 4.78 is 8.36. The summed E-state index contributed by atoms with van der Waals surface area (Å²) in [7, 11) is 3.63. The molecule has 0 unspecified atom stereocenters. The van der Waals surface area contributed by atoms with Crippen LogP contribution in [0.5, 0.6) is 5.75 Å². The van der Waals surface area contributed by atoms with Gasteiger partial charge in [-0.2, -0.15) is 5.10 Å². The minimum absolute atomic E-state index is 0.0505. The zero-order chi connectivity index (χ0) is 19.4. The van der Waals surface area contributed by atoms with Gasteiger partial charge in [0, 0.05) is 24.7 Å². The van der Waals surface area contributed by atoms with Crippen LogP contribution in [-0.2, 0) is 20.2 Å². The minimum atomic E-state index is -0.0505. The fourth-order valence-electron chi connectivity index (χ4n) is 2.60. The van der Waals surface area contributed by atoms with Crippen molar-refractivity contribution in [1.82, 2.24) is 14.7 Å². The molecule has 2 aromatic carbocycles. The summed E-state index contributed by atoms with van der Waals surface area (Å²) in [4.78, 5) is 14.3. The Morgan fingerprint density at radius 1 is 1.26 bits per heavy atom. The van der Waals surface area contributed by atoms with Crippen molar-refractivity contribution in [3.05, 3.63) is 81.0 Å². The molecule has 3 rings (SSSR count). The van der Waals surface area contributed by atoms with Crippen LogP contribution < -0.4 is 4.74 Å². The molecule has 0 saturated carbocycles. The number of carbonyl (C=O) groups is 1. The van der Waals surface area contributed by atoms with Gasteiger partial charge in [-0.25, -0.2) is 0 Å². The molecule has 0 saturated heterocycles. The molecule has 1 amide bonds. The van der Waals surface area contributed by atoms with Gasteiger partial charge >= 0.3 is 0 Å². The van der Waals surface area contributed by atoms with Gasteiger partial charge in [-0.1, -0.05) is 29.8 Å². The number of carbonyl (C=O) groups excluding carboxylic acids is 1. The average molecular weight is 449 g/mol. The number of hydrogen-bond acceptors (Lipinski definition) is 3. The molecule has 27 heavy (non-hydrogen) atoms. The monoisotopic (exact) mass is 447 g/mol. The molecule has 0 spiro atoms. The van der Waals surface area contributed by atoms with Gasteiger partial charge in [0.05, 0.1) is 22.9 Å². The van der Waals surface area contributed by atoms with Gasteiger partial charge < -0.3 is 9.64 Å². The fraction of sp³-hybridized carbons (Fsp3) is 0.200. The number of halogens is 2. The van der Waals surface area contributed by atoms with Crippen molar-refractivity contribution in [1.29, 1.82) is 0 Å². The highest BCUT2D eigenvalue weighted by molar-refractivity contribution is 9.10. The summed E-state index contributed by atoms with van der Waals surface area (Å²) in [6, 6.07) is 14.7. The van der Waals surface area contributed by atoms with Gasteiger partial charge in [0.25, 0.3) is 5.91 Å². The first-order valence-corrected chi connectivity index (χ1v) is 9.50. The normalized spacial score (nSPS) is 10.7. The SMILES string of the molecule is CN(Cc1c(Br)cnn1C)C(=O)c1ccc(COc2cccc(Cl)c2)cc1. The number of hydrogen-bond donors (Lipinski definition) is 0. The molecule has 0 N–H and O–H groups in total. The van der Waals surface area contributed by atoms with Gasteiger partial charge in [0.1, 0.15) is 12.4 Å². The topological polar surface area (TPSA) is 47.4 Å². The lowest BCUT2D eigenvalue weighted by Crippen LogP contribution is -2.27. The van der Waals surface area contributed by atoms with Crippen LogP contribution >= 0.6 is 27.5 Å². The van der Waals surface area contributed by atoms with E-state index in [-0.39, 0.29) is 5.91 Å². The van der Waals surface area contributed by atoms with Gasteiger partial charge in [0.2, 0.25) is 0 Å². The van der Waals surface area contributed by atoms with E-state index in [9.17, 15) is 4.79 Å². The van der Waals surface area contributed by atoms with E-state index in [1.54, 1.807) is 35.0 Å². The molecule has 1 heterocycles. The van der Waals surface area contributed by atoms with Gasteiger partial charge in [0.15, 0.2) is 0 Å². The van der Waals surface area contributed by atoms with Gasteiger partial charge in [-0.05, 0) is 51.8 Å². The average Bonchev–Trinajstić information content (AvgIpc) is 2.98. The molecule has 0 radical (unpaired) electrons. The molecule has 7 heteroatoms. The van der Waals surface area contributed by atoms with Crippen molar-refractivity contribution in [2.24, 2.45) is 7.05 Å². The molecule has 0 aliphatic carbocycles. The standard InChI is InChI=1S/C20H19BrClN3O2/c1-24(12-19-18(21)11-23-25(19)2)20(26)15-8-6-14(7-9-15)13-27-17-5-3-4-16(22)10-17/h3-11H,12-13H2,1-2H3. The number of amides is 1. The van der Waals surface area contributed by atoms with Crippen LogP contribution in [0.2, 0.25) is 5.02 Å². The highest BCUT2D eigenvalue weighted by atomic mass is 79.9. The first-order valence-electron chi connectivity index (χ1n) is 8.33. The maximum atomic E-state index is 12.7. The molecule has 0 fully saturated rings. The fourth-order valence-corrected chi connectivity index (χ4v) is 3.25. The Bertz CT molecular complexity index is 921. The largest absolute Gasteiger partial charge is 0.489 e. The highest BCUT2D eigenvalue weighted by Crippen LogP contribution is 2.20. The summed E-state index contributed by atoms with van der Waals surface area (Å²) in [5.41, 5.74) is 2.54. The van der Waals surface area contributed by atoms with Crippen LogP contribution in [0.25, 0.3) is 0 Å². The van der Waals surface area contributed by atoms with E-state index in [4.69, 9.17) is 16.3 Å². The Morgan fingerprint density at radius 2 is 2.00 bits per heavy atom. The van der Waals surface area contributed by atoms with Crippen LogP contribution in [0, 0.1) is 0 Å². The van der Waals surface area contributed by atoms with Crippen molar-refractivity contribution in [3.63, 3.8) is 0 Å². The number of nitrogens with zero attached hydrogens (tertiary/aromatic N) is 3. The van der Waals surface area contributed by atoms with E-state index in [1.807, 2.05) is 43.4 Å². The lowest BCUT2D eigenvalue weighted by molar-refractivity contribution is 0.0781. The summed E-state index contributed by atoms with van der Waals surface area (Å²) in [6.07, 6.45) is 1.72. The Kier molecular flexibility index (Phi) is 6.19. The molecule has 3 aromatic rings. The van der Waals surface area contributed by atoms with Crippen molar-refractivity contribution in [3.8, 4) is 5.75 Å². The predicted octanol–water partition coefficient (Wildman–Crippen LogP) is 4.69. The second-order valence-electron chi connectivity index (χ2n) is 6.17. The Labute approximate surface area is 171 Å². The van der Waals surface area contributed by atoms with Crippen LogP contribution in [0.4, 0.5) is 0 Å². The molecule has 1 aromatic heterocycles. The van der Waals surface area contributed by atoms with Crippen molar-refractivity contribution < 1.29 is 9.53 Å². The first kappa shape index (κ1) is 19.5. The lowest BCUT2D eigenvalue weighted by atomic mass is 10.1. The van der Waals surface area contributed by atoms with E-state index in [1.165, 1.54) is 0 Å². The van der Waals surface area contributed by atoms with Crippen LogP contribution in [-0.4, -0.2) is 27.6 Å². The Balaban J connectivity index is 1.61. The number of aryl methyl sites for hydroxylation is 1. The van der Waals surface area contributed by atoms with Crippen LogP contribution in [0.3, 0.4) is 0 Å². The van der Waals surface area contributed by atoms with Crippen LogP contribution in [0.15, 0.2) is 59.2 Å². The Morgan fingerprint density at radius 3 is 2.63 bits per heavy atom. The quantitative estimate of drug-likeness (QED) is 0.550. The third-order valence-corrected chi connectivity index (χ3v) is 5.04. The lowest BCUT2D eigenvalue weighted by Gasteiger charge is -2.18. The molecule has 0 aliphatic rings. The van der Waals surface area contributed by atoms with Crippen molar-refractivity contribution in [2.75, 3.05) is 7.05 Å². The summed E-state index contributed by atoms with van der Waals surface area (Å²) >= 11 is 9.41. The van der Waals surface area contributed by atoms with E-state index < -0.39 is 0 Å². The molecule has 0 aliphatic heterocycles. The number of benzene rings is 2. The molecular formula is C20H19BrClN3O2. The van der Waals surface area contributed by atoms with Crippen molar-refractivity contribution >= 4 is 33.4 Å². The van der Waals surface area contributed by atoms with Crippen LogP contribution in [0.1, 0.15) is 21.6 Å². The zero-order valence-corrected chi connectivity index (χ0v) is 17.4. The zero-order valence-electron chi connectivity index (χ0n) is 15.0. The third-order valence-electron chi connectivity index (χ3n) is 4.15. The molecule has 0 bridgehead atoms. The van der Waals surface area contributed by atoms with Gasteiger partial charge in [-0.15, -0.1) is 0 Å². The maximum Gasteiger partial charge on any atom is 0.253 e. The molecule has 0 atom stereocenters. The first-order chi connectivity index (χ1) is 12.9. The second kappa shape index (κ2) is 8.59. The van der Waals surface area contributed by atoms with Gasteiger partial charge in [-0.3, -0.25) is 9.48 Å². The third kappa shape index (κ3) is 4.90. The minimum Gasteiger partial charge on any atom is -0.489 e. The number of aromatic nitrogens is 2.